The number of nitrogens with zero attached hydrogens (tertiary/aromatic N) is 1. The fourth-order valence-corrected chi connectivity index (χ4v) is 3.75. The number of hydrogen-bond acceptors (Lipinski definition) is 3. The summed E-state index contributed by atoms with van der Waals surface area (Å²) in [4.78, 5) is 13.6. The van der Waals surface area contributed by atoms with Gasteiger partial charge < -0.3 is 10.6 Å². The van der Waals surface area contributed by atoms with Gasteiger partial charge in [-0.3, -0.25) is 9.69 Å². The first-order valence-electron chi connectivity index (χ1n) is 8.52. The second-order valence-electron chi connectivity index (χ2n) is 6.67. The van der Waals surface area contributed by atoms with Gasteiger partial charge in [-0.25, -0.2) is 4.39 Å². The van der Waals surface area contributed by atoms with Crippen molar-refractivity contribution in [1.82, 2.24) is 15.5 Å². The Morgan fingerprint density at radius 3 is 2.65 bits per heavy atom. The number of alkyl halides is 3. The molecule has 4 nitrogen and oxygen atoms in total. The van der Waals surface area contributed by atoms with E-state index in [9.17, 15) is 22.4 Å². The number of piperazine rings is 1. The molecule has 1 aromatic rings. The Kier molecular flexibility index (Phi) is 5.74. The van der Waals surface area contributed by atoms with E-state index in [-0.39, 0.29) is 29.6 Å². The predicted molar refractivity (Wildman–Crippen MR) is 89.6 cm³/mol. The fraction of sp³-hybridized carbons (Fsp3) is 0.588. The number of benzene rings is 1. The van der Waals surface area contributed by atoms with Crippen molar-refractivity contribution in [2.45, 2.75) is 24.6 Å². The molecule has 1 saturated carbocycles. The SMILES string of the molecule is O=C(NCC(N1CCNCC1)C(F)(F)F)C1CC1c1c(F)cccc1Cl. The summed E-state index contributed by atoms with van der Waals surface area (Å²) in [5, 5.41) is 5.64. The molecule has 1 amide bonds. The number of carbonyl (C=O) groups excluding carboxylic acids is 1. The van der Waals surface area contributed by atoms with Crippen molar-refractivity contribution in [1.29, 1.82) is 0 Å². The summed E-state index contributed by atoms with van der Waals surface area (Å²) >= 11 is 5.99. The predicted octanol–water partition coefficient (Wildman–Crippen LogP) is 2.53. The molecule has 9 heteroatoms. The first-order valence-corrected chi connectivity index (χ1v) is 8.90. The molecule has 3 rings (SSSR count). The molecule has 0 spiro atoms. The molecule has 1 aromatic carbocycles. The van der Waals surface area contributed by atoms with Crippen molar-refractivity contribution in [2.24, 2.45) is 5.92 Å². The monoisotopic (exact) mass is 393 g/mol. The van der Waals surface area contributed by atoms with Crippen molar-refractivity contribution in [3.8, 4) is 0 Å². The van der Waals surface area contributed by atoms with Crippen LogP contribution in [-0.4, -0.2) is 55.7 Å². The van der Waals surface area contributed by atoms with Gasteiger partial charge in [0, 0.05) is 55.1 Å². The Morgan fingerprint density at radius 2 is 2.04 bits per heavy atom. The maximum absolute atomic E-state index is 13.9. The van der Waals surface area contributed by atoms with E-state index in [1.54, 1.807) is 0 Å². The van der Waals surface area contributed by atoms with Gasteiger partial charge >= 0.3 is 6.18 Å². The lowest BCUT2D eigenvalue weighted by atomic mass is 10.1. The molecule has 2 aliphatic rings. The van der Waals surface area contributed by atoms with Crippen LogP contribution in [0.15, 0.2) is 18.2 Å². The van der Waals surface area contributed by atoms with Crippen LogP contribution >= 0.6 is 11.6 Å². The molecule has 3 unspecified atom stereocenters. The molecule has 0 radical (unpaired) electrons. The summed E-state index contributed by atoms with van der Waals surface area (Å²) in [5.74, 6) is -1.90. The minimum Gasteiger partial charge on any atom is -0.354 e. The number of halogens is 5. The zero-order valence-corrected chi connectivity index (χ0v) is 14.7. The third-order valence-electron chi connectivity index (χ3n) is 4.94. The van der Waals surface area contributed by atoms with Crippen LogP contribution in [0.4, 0.5) is 17.6 Å². The lowest BCUT2D eigenvalue weighted by Gasteiger charge is -2.35. The zero-order valence-electron chi connectivity index (χ0n) is 14.0. The van der Waals surface area contributed by atoms with Crippen LogP contribution in [0.1, 0.15) is 17.9 Å². The van der Waals surface area contributed by atoms with Crippen molar-refractivity contribution in [3.63, 3.8) is 0 Å². The number of hydrogen-bond donors (Lipinski definition) is 2. The van der Waals surface area contributed by atoms with Gasteiger partial charge in [0.05, 0.1) is 0 Å². The maximum atomic E-state index is 13.9. The molecule has 0 aromatic heterocycles. The number of amides is 1. The highest BCUT2D eigenvalue weighted by Crippen LogP contribution is 2.50. The quantitative estimate of drug-likeness (QED) is 0.756. The zero-order chi connectivity index (χ0) is 18.9. The molecule has 1 aliphatic carbocycles. The Bertz CT molecular complexity index is 644. The molecule has 26 heavy (non-hydrogen) atoms. The molecule has 3 atom stereocenters. The van der Waals surface area contributed by atoms with E-state index < -0.39 is 36.4 Å². The normalized spacial score (nSPS) is 25.0. The summed E-state index contributed by atoms with van der Waals surface area (Å²) in [6.07, 6.45) is -4.04. The van der Waals surface area contributed by atoms with Gasteiger partial charge in [-0.15, -0.1) is 0 Å². The highest BCUT2D eigenvalue weighted by molar-refractivity contribution is 6.31. The average Bonchev–Trinajstić information content (AvgIpc) is 3.35. The molecule has 0 bridgehead atoms. The molecule has 1 saturated heterocycles. The highest BCUT2D eigenvalue weighted by atomic mass is 35.5. The summed E-state index contributed by atoms with van der Waals surface area (Å²) in [6, 6.07) is 2.55. The standard InChI is InChI=1S/C17H20ClF4N3O/c18-12-2-1-3-13(19)15(12)10-8-11(10)16(26)24-9-14(17(20,21)22)25-6-4-23-5-7-25/h1-3,10-11,14,23H,4-9H2,(H,24,26). The fourth-order valence-electron chi connectivity index (χ4n) is 3.44. The summed E-state index contributed by atoms with van der Waals surface area (Å²) in [7, 11) is 0. The molecule has 1 heterocycles. The van der Waals surface area contributed by atoms with E-state index in [0.29, 0.717) is 19.5 Å². The lowest BCUT2D eigenvalue weighted by molar-refractivity contribution is -0.184. The topological polar surface area (TPSA) is 44.4 Å². The van der Waals surface area contributed by atoms with Gasteiger partial charge in [-0.2, -0.15) is 13.2 Å². The van der Waals surface area contributed by atoms with Gasteiger partial charge in [0.15, 0.2) is 0 Å². The van der Waals surface area contributed by atoms with Gasteiger partial charge in [0.1, 0.15) is 11.9 Å². The van der Waals surface area contributed by atoms with Gasteiger partial charge in [0.2, 0.25) is 5.91 Å². The van der Waals surface area contributed by atoms with Crippen LogP contribution in [-0.2, 0) is 4.79 Å². The highest BCUT2D eigenvalue weighted by Gasteiger charge is 2.48. The Labute approximate surface area is 153 Å². The average molecular weight is 394 g/mol. The molecule has 2 N–H and O–H groups in total. The van der Waals surface area contributed by atoms with Crippen LogP contribution in [0, 0.1) is 11.7 Å². The van der Waals surface area contributed by atoms with Crippen LogP contribution in [0.5, 0.6) is 0 Å². The lowest BCUT2D eigenvalue weighted by Crippen LogP contribution is -2.57. The summed E-state index contributed by atoms with van der Waals surface area (Å²) in [6.45, 7) is 1.01. The van der Waals surface area contributed by atoms with Crippen molar-refractivity contribution in [3.05, 3.63) is 34.6 Å². The molecular weight excluding hydrogens is 374 g/mol. The third kappa shape index (κ3) is 4.29. The van der Waals surface area contributed by atoms with Crippen molar-refractivity contribution >= 4 is 17.5 Å². The van der Waals surface area contributed by atoms with E-state index in [1.165, 1.54) is 23.1 Å². The van der Waals surface area contributed by atoms with E-state index >= 15 is 0 Å². The van der Waals surface area contributed by atoms with E-state index in [1.807, 2.05) is 0 Å². The van der Waals surface area contributed by atoms with Gasteiger partial charge in [-0.1, -0.05) is 17.7 Å². The number of rotatable bonds is 5. The smallest absolute Gasteiger partial charge is 0.354 e. The largest absolute Gasteiger partial charge is 0.405 e. The number of carbonyl (C=O) groups is 1. The first-order chi connectivity index (χ1) is 12.3. The van der Waals surface area contributed by atoms with Crippen LogP contribution < -0.4 is 10.6 Å². The van der Waals surface area contributed by atoms with Crippen molar-refractivity contribution < 1.29 is 22.4 Å². The first kappa shape index (κ1) is 19.4. The van der Waals surface area contributed by atoms with Crippen LogP contribution in [0.25, 0.3) is 0 Å². The van der Waals surface area contributed by atoms with E-state index in [4.69, 9.17) is 11.6 Å². The maximum Gasteiger partial charge on any atom is 0.405 e. The minimum absolute atomic E-state index is 0.235. The van der Waals surface area contributed by atoms with Crippen LogP contribution in [0.2, 0.25) is 5.02 Å². The van der Waals surface area contributed by atoms with Gasteiger partial charge in [0.25, 0.3) is 0 Å². The summed E-state index contributed by atoms with van der Waals surface area (Å²) < 4.78 is 53.9. The second kappa shape index (κ2) is 7.70. The molecule has 1 aliphatic heterocycles. The molecule has 144 valence electrons. The van der Waals surface area contributed by atoms with Crippen LogP contribution in [0.3, 0.4) is 0 Å². The van der Waals surface area contributed by atoms with Crippen molar-refractivity contribution in [2.75, 3.05) is 32.7 Å². The van der Waals surface area contributed by atoms with E-state index in [2.05, 4.69) is 10.6 Å². The summed E-state index contributed by atoms with van der Waals surface area (Å²) in [5.41, 5.74) is 0.267. The van der Waals surface area contributed by atoms with Gasteiger partial charge in [-0.05, 0) is 18.6 Å². The van der Waals surface area contributed by atoms with E-state index in [0.717, 1.165) is 0 Å². The molecule has 2 fully saturated rings. The second-order valence-corrected chi connectivity index (χ2v) is 7.08. The number of nitrogens with one attached hydrogen (secondary N) is 2. The molecular formula is C17H20ClF4N3O. The minimum atomic E-state index is -4.43. The third-order valence-corrected chi connectivity index (χ3v) is 5.27. The Balaban J connectivity index is 1.59. The Morgan fingerprint density at radius 1 is 1.35 bits per heavy atom. The Hall–Kier alpha value is -1.38.